The molecule has 1 aliphatic heterocycles. The van der Waals surface area contributed by atoms with Crippen LogP contribution in [-0.4, -0.2) is 80.4 Å². The first-order valence-electron chi connectivity index (χ1n) is 16.7. The van der Waals surface area contributed by atoms with Crippen LogP contribution in [0.4, 0.5) is 0 Å². The van der Waals surface area contributed by atoms with Crippen molar-refractivity contribution in [1.29, 1.82) is 0 Å². The lowest BCUT2D eigenvalue weighted by molar-refractivity contribution is -0.155. The number of carboxylic acid groups (broad SMARTS) is 1. The molecule has 2 heterocycles. The summed E-state index contributed by atoms with van der Waals surface area (Å²) in [5.41, 5.74) is -0.174. The predicted octanol–water partition coefficient (Wildman–Crippen LogP) is 2.79. The fourth-order valence-corrected chi connectivity index (χ4v) is 6.35. The molecule has 0 radical (unpaired) electrons. The van der Waals surface area contributed by atoms with Crippen LogP contribution in [-0.2, 0) is 21.7 Å². The summed E-state index contributed by atoms with van der Waals surface area (Å²) in [4.78, 5) is 54.0. The molecule has 3 atom stereocenters. The van der Waals surface area contributed by atoms with E-state index in [-0.39, 0.29) is 58.8 Å². The summed E-state index contributed by atoms with van der Waals surface area (Å²) in [7, 11) is 0. The van der Waals surface area contributed by atoms with Crippen LogP contribution in [0.25, 0.3) is 10.9 Å². The number of aliphatic hydroxyl groups is 2. The molecule has 1 aliphatic rings. The Kier molecular flexibility index (Phi) is 10.7. The van der Waals surface area contributed by atoms with Crippen molar-refractivity contribution in [1.82, 2.24) is 20.5 Å². The van der Waals surface area contributed by atoms with E-state index < -0.39 is 23.6 Å². The highest BCUT2D eigenvalue weighted by Crippen LogP contribution is 2.32. The Hall–Kier alpha value is -6.02. The lowest BCUT2D eigenvalue weighted by atomic mass is 9.86. The third kappa shape index (κ3) is 7.81. The number of phenolic OH excluding ortho intramolecular Hbond substituents is 1. The van der Waals surface area contributed by atoms with Gasteiger partial charge >= 0.3 is 5.97 Å². The maximum absolute atomic E-state index is 13.2. The molecule has 1 aromatic heterocycles. The zero-order valence-corrected chi connectivity index (χ0v) is 28.0. The number of carbonyl (C=O) groups excluding carboxylic acids is 2. The van der Waals surface area contributed by atoms with E-state index in [1.807, 2.05) is 12.1 Å². The minimum Gasteiger partial charge on any atom is -0.506 e. The smallest absolute Gasteiger partial charge is 0.345 e. The summed E-state index contributed by atoms with van der Waals surface area (Å²) in [6.07, 6.45) is -0.339. The molecule has 5 aromatic rings. The Morgan fingerprint density at radius 2 is 1.69 bits per heavy atom. The number of amides is 2. The number of rotatable bonds is 13. The van der Waals surface area contributed by atoms with E-state index in [4.69, 9.17) is 4.74 Å². The molecular formula is C39H38N4O9. The molecule has 0 bridgehead atoms. The first-order chi connectivity index (χ1) is 25.0. The Labute approximate surface area is 298 Å². The molecule has 268 valence electrons. The average molecular weight is 707 g/mol. The van der Waals surface area contributed by atoms with Crippen molar-refractivity contribution >= 4 is 28.7 Å². The minimum absolute atomic E-state index is 0.0788. The van der Waals surface area contributed by atoms with E-state index in [9.17, 15) is 39.6 Å². The second-order valence-corrected chi connectivity index (χ2v) is 12.6. The highest BCUT2D eigenvalue weighted by Gasteiger charge is 2.40. The summed E-state index contributed by atoms with van der Waals surface area (Å²) in [5.74, 6) is -1.88. The number of ether oxygens (including phenoxy) is 1. The van der Waals surface area contributed by atoms with Gasteiger partial charge in [-0.3, -0.25) is 14.4 Å². The molecule has 6 rings (SSSR count). The number of likely N-dealkylation sites (tertiary alicyclic amines) is 1. The van der Waals surface area contributed by atoms with Gasteiger partial charge in [-0.25, -0.2) is 4.79 Å². The molecule has 0 spiro atoms. The largest absolute Gasteiger partial charge is 0.506 e. The van der Waals surface area contributed by atoms with Gasteiger partial charge < -0.3 is 45.7 Å². The molecule has 1 saturated heterocycles. The van der Waals surface area contributed by atoms with Crippen molar-refractivity contribution < 1.29 is 39.5 Å². The summed E-state index contributed by atoms with van der Waals surface area (Å²) in [5, 5.41) is 48.5. The van der Waals surface area contributed by atoms with Gasteiger partial charge in [0.2, 0.25) is 11.2 Å². The Morgan fingerprint density at radius 3 is 2.44 bits per heavy atom. The third-order valence-electron chi connectivity index (χ3n) is 9.10. The molecule has 13 nitrogen and oxygen atoms in total. The second kappa shape index (κ2) is 15.5. The van der Waals surface area contributed by atoms with Crippen molar-refractivity contribution in [2.24, 2.45) is 0 Å². The van der Waals surface area contributed by atoms with E-state index in [0.717, 1.165) is 5.56 Å². The van der Waals surface area contributed by atoms with Gasteiger partial charge in [0.1, 0.15) is 11.5 Å². The molecule has 52 heavy (non-hydrogen) atoms. The molecule has 7 N–H and O–H groups in total. The fourth-order valence-electron chi connectivity index (χ4n) is 6.35. The first kappa shape index (κ1) is 35.8. The fraction of sp³-hybridized carbons (Fsp3) is 0.231. The zero-order valence-electron chi connectivity index (χ0n) is 28.0. The number of phenols is 1. The van der Waals surface area contributed by atoms with Gasteiger partial charge in [-0.1, -0.05) is 60.7 Å². The Bertz CT molecular complexity index is 2140. The average Bonchev–Trinajstić information content (AvgIpc) is 3.62. The van der Waals surface area contributed by atoms with E-state index in [1.54, 1.807) is 59.5 Å². The highest BCUT2D eigenvalue weighted by molar-refractivity contribution is 5.94. The number of aromatic hydroxyl groups is 1. The lowest BCUT2D eigenvalue weighted by Gasteiger charge is -2.25. The van der Waals surface area contributed by atoms with Crippen LogP contribution in [0.1, 0.15) is 45.1 Å². The standard InChI is InChI=1S/C39H38N4O9/c44-32-15-13-30(31-14-16-34(46)42-36(31)32)33(45)21-40-20-24-9-11-25(12-10-24)37(48)43-18-17-28(22-43)41-35(47)23-52-29-8-4-7-27(19-29)39(51,38(49)50)26-5-2-1-3-6-26/h1-16,19,28,33,40,44-45,51H,17-18,20-23H2,(H,41,47)(H,42,46)(H,49,50)/t28-,33+,39+/m1/s1. The normalized spacial score (nSPS) is 15.9. The Morgan fingerprint density at radius 1 is 0.942 bits per heavy atom. The maximum Gasteiger partial charge on any atom is 0.345 e. The molecule has 0 saturated carbocycles. The predicted molar refractivity (Wildman–Crippen MR) is 191 cm³/mol. The number of aromatic amines is 1. The highest BCUT2D eigenvalue weighted by atomic mass is 16.5. The summed E-state index contributed by atoms with van der Waals surface area (Å²) in [6.45, 7) is 1.07. The zero-order chi connectivity index (χ0) is 36.8. The van der Waals surface area contributed by atoms with Crippen molar-refractivity contribution in [3.05, 3.63) is 141 Å². The number of aliphatic hydroxyl groups excluding tert-OH is 1. The maximum atomic E-state index is 13.2. The van der Waals surface area contributed by atoms with Crippen molar-refractivity contribution in [2.75, 3.05) is 26.2 Å². The van der Waals surface area contributed by atoms with Crippen LogP contribution in [0, 0.1) is 0 Å². The van der Waals surface area contributed by atoms with E-state index in [2.05, 4.69) is 15.6 Å². The van der Waals surface area contributed by atoms with Crippen LogP contribution < -0.4 is 20.9 Å². The van der Waals surface area contributed by atoms with Gasteiger partial charge in [-0.15, -0.1) is 0 Å². The van der Waals surface area contributed by atoms with Crippen LogP contribution in [0.2, 0.25) is 0 Å². The topological polar surface area (TPSA) is 202 Å². The van der Waals surface area contributed by atoms with Gasteiger partial charge in [-0.05, 0) is 59.5 Å². The molecule has 0 aliphatic carbocycles. The molecule has 2 amide bonds. The van der Waals surface area contributed by atoms with Gasteiger partial charge in [0.15, 0.2) is 6.61 Å². The lowest BCUT2D eigenvalue weighted by Crippen LogP contribution is -2.40. The number of pyridine rings is 1. The first-order valence-corrected chi connectivity index (χ1v) is 16.7. The van der Waals surface area contributed by atoms with Crippen LogP contribution in [0.15, 0.2) is 108 Å². The van der Waals surface area contributed by atoms with Crippen molar-refractivity contribution in [3.63, 3.8) is 0 Å². The monoisotopic (exact) mass is 706 g/mol. The third-order valence-corrected chi connectivity index (χ3v) is 9.10. The number of benzene rings is 4. The van der Waals surface area contributed by atoms with E-state index in [0.29, 0.717) is 42.6 Å². The van der Waals surface area contributed by atoms with Crippen molar-refractivity contribution in [3.8, 4) is 11.5 Å². The summed E-state index contributed by atoms with van der Waals surface area (Å²) in [6, 6.07) is 26.8. The number of nitrogens with one attached hydrogen (secondary N) is 3. The number of carboxylic acids is 1. The second-order valence-electron chi connectivity index (χ2n) is 12.6. The number of fused-ring (bicyclic) bond motifs is 1. The number of nitrogens with zero attached hydrogens (tertiary/aromatic N) is 1. The number of carbonyl (C=O) groups is 3. The molecule has 13 heteroatoms. The van der Waals surface area contributed by atoms with Gasteiger partial charge in [0, 0.05) is 54.8 Å². The van der Waals surface area contributed by atoms with Gasteiger partial charge in [-0.2, -0.15) is 0 Å². The number of aromatic nitrogens is 1. The number of hydrogen-bond donors (Lipinski definition) is 7. The van der Waals surface area contributed by atoms with Crippen LogP contribution in [0.5, 0.6) is 11.5 Å². The van der Waals surface area contributed by atoms with E-state index >= 15 is 0 Å². The van der Waals surface area contributed by atoms with Gasteiger partial charge in [0.05, 0.1) is 11.6 Å². The molecule has 0 unspecified atom stereocenters. The van der Waals surface area contributed by atoms with Gasteiger partial charge in [0.25, 0.3) is 11.8 Å². The van der Waals surface area contributed by atoms with Crippen molar-refractivity contribution in [2.45, 2.75) is 30.7 Å². The van der Waals surface area contributed by atoms with Crippen LogP contribution >= 0.6 is 0 Å². The molecule has 1 fully saturated rings. The Balaban J connectivity index is 0.965. The van der Waals surface area contributed by atoms with Crippen LogP contribution in [0.3, 0.4) is 0 Å². The molecular weight excluding hydrogens is 668 g/mol. The molecule has 4 aromatic carbocycles. The summed E-state index contributed by atoms with van der Waals surface area (Å²) < 4.78 is 5.64. The number of aliphatic carboxylic acids is 1. The number of hydrogen-bond acceptors (Lipinski definition) is 9. The quantitative estimate of drug-likeness (QED) is 0.0955. The van der Waals surface area contributed by atoms with E-state index in [1.165, 1.54) is 36.4 Å². The SMILES string of the molecule is O=C(COc1cccc([C@](O)(C(=O)O)c2ccccc2)c1)N[C@@H]1CCN(C(=O)c2ccc(CNC[C@H](O)c3ccc(O)c4[nH]c(=O)ccc34)cc2)C1. The minimum atomic E-state index is -2.31. The summed E-state index contributed by atoms with van der Waals surface area (Å²) >= 11 is 0. The number of H-pyrrole nitrogens is 1.